The average Bonchev–Trinajstić information content (AvgIpc) is 3.39. The number of unbranched alkanes of at least 4 members (excludes halogenated alkanes) is 32. The van der Waals surface area contributed by atoms with Crippen LogP contribution < -0.4 is 5.32 Å². The second kappa shape index (κ2) is 50.9. The van der Waals surface area contributed by atoms with Crippen LogP contribution in [0.25, 0.3) is 0 Å². The number of hydrogen-bond donors (Lipinski definition) is 8. The van der Waals surface area contributed by atoms with Crippen LogP contribution in [-0.2, 0) is 14.3 Å². The Hall–Kier alpha value is -1.93. The lowest BCUT2D eigenvalue weighted by Gasteiger charge is -2.40. The van der Waals surface area contributed by atoms with Crippen molar-refractivity contribution < 1.29 is 50.0 Å². The van der Waals surface area contributed by atoms with Crippen molar-refractivity contribution >= 4 is 5.91 Å². The highest BCUT2D eigenvalue weighted by atomic mass is 16.7. The zero-order valence-electron chi connectivity index (χ0n) is 46.9. The Labute approximate surface area is 447 Å². The van der Waals surface area contributed by atoms with E-state index in [4.69, 9.17) is 9.47 Å². The Morgan fingerprint density at radius 3 is 1.22 bits per heavy atom. The summed E-state index contributed by atoms with van der Waals surface area (Å²) >= 11 is 0. The van der Waals surface area contributed by atoms with Crippen LogP contribution in [0.3, 0.4) is 0 Å². The standard InChI is InChI=1S/C62H115NO10/c1-3-5-7-9-11-13-15-17-19-21-23-24-25-26-27-28-29-30-32-33-35-37-39-41-43-45-47-49-54(65)57(67)53(52-72-62-60(70)59(69)58(68)56(51-64)73-62)63-61(71)55(66)50-48-46-44-42-40-38-36-34-31-22-20-18-16-14-12-10-8-6-4-2/h28-29,31,33-35,41,43,53-60,62,64-70H,3-27,30,32,36-40,42,44-52H2,1-2H3,(H,63,71)/b29-28+,34-31-,35-33+,43-41+. The summed E-state index contributed by atoms with van der Waals surface area (Å²) in [5.41, 5.74) is 0. The Bertz CT molecular complexity index is 1320. The molecule has 0 bridgehead atoms. The van der Waals surface area contributed by atoms with Crippen molar-refractivity contribution in [1.29, 1.82) is 0 Å². The molecule has 73 heavy (non-hydrogen) atoms. The first-order chi connectivity index (χ1) is 35.7. The molecule has 1 saturated heterocycles. The molecule has 9 unspecified atom stereocenters. The maximum Gasteiger partial charge on any atom is 0.249 e. The molecule has 0 aliphatic carbocycles. The summed E-state index contributed by atoms with van der Waals surface area (Å²) in [6.45, 7) is 3.45. The Morgan fingerprint density at radius 2 is 0.822 bits per heavy atom. The molecule has 428 valence electrons. The van der Waals surface area contributed by atoms with Gasteiger partial charge in [0, 0.05) is 0 Å². The molecule has 1 rings (SSSR count). The highest BCUT2D eigenvalue weighted by Crippen LogP contribution is 2.23. The second-order valence-electron chi connectivity index (χ2n) is 21.4. The Kier molecular flexibility index (Phi) is 48.1. The lowest BCUT2D eigenvalue weighted by atomic mass is 9.98. The number of nitrogens with one attached hydrogen (secondary N) is 1. The van der Waals surface area contributed by atoms with Crippen LogP contribution in [0.1, 0.15) is 271 Å². The summed E-state index contributed by atoms with van der Waals surface area (Å²) in [6.07, 6.45) is 53.2. The van der Waals surface area contributed by atoms with Crippen molar-refractivity contribution in [2.75, 3.05) is 13.2 Å². The van der Waals surface area contributed by atoms with E-state index in [-0.39, 0.29) is 12.8 Å². The molecule has 0 aromatic rings. The third-order valence-corrected chi connectivity index (χ3v) is 14.6. The molecule has 0 spiro atoms. The molecule has 1 amide bonds. The number of rotatable bonds is 52. The van der Waals surface area contributed by atoms with E-state index in [1.165, 1.54) is 161 Å². The molecule has 0 aromatic heterocycles. The number of amides is 1. The molecule has 1 aliphatic heterocycles. The first-order valence-electron chi connectivity index (χ1n) is 30.5. The van der Waals surface area contributed by atoms with E-state index in [1.54, 1.807) is 0 Å². The van der Waals surface area contributed by atoms with Crippen molar-refractivity contribution in [2.45, 2.75) is 326 Å². The maximum atomic E-state index is 13.2. The molecule has 0 saturated carbocycles. The van der Waals surface area contributed by atoms with Gasteiger partial charge in [-0.3, -0.25) is 4.79 Å². The van der Waals surface area contributed by atoms with Crippen LogP contribution in [0, 0.1) is 0 Å². The Balaban J connectivity index is 2.33. The average molecular weight is 1030 g/mol. The summed E-state index contributed by atoms with van der Waals surface area (Å²) in [7, 11) is 0. The van der Waals surface area contributed by atoms with E-state index in [9.17, 15) is 40.5 Å². The first-order valence-corrected chi connectivity index (χ1v) is 30.5. The zero-order chi connectivity index (χ0) is 53.3. The van der Waals surface area contributed by atoms with Gasteiger partial charge in [0.15, 0.2) is 6.29 Å². The minimum Gasteiger partial charge on any atom is -0.394 e. The smallest absolute Gasteiger partial charge is 0.249 e. The minimum absolute atomic E-state index is 0.239. The van der Waals surface area contributed by atoms with Crippen LogP contribution >= 0.6 is 0 Å². The molecular formula is C62H115NO10. The molecular weight excluding hydrogens is 919 g/mol. The quantitative estimate of drug-likeness (QED) is 0.0215. The maximum absolute atomic E-state index is 13.2. The SMILES string of the molecule is CCCCCCCCCCC/C=C\CCCCCCCCC(O)C(=O)NC(COC1OC(CO)C(O)C(O)C1O)C(O)C(O)CCC/C=C/CC/C=C/CC/C=C/CCCCCCCCCCCCCCCC. The van der Waals surface area contributed by atoms with E-state index in [0.29, 0.717) is 19.3 Å². The topological polar surface area (TPSA) is 189 Å². The summed E-state index contributed by atoms with van der Waals surface area (Å²) in [5, 5.41) is 76.2. The highest BCUT2D eigenvalue weighted by molar-refractivity contribution is 5.80. The molecule has 11 heteroatoms. The number of allylic oxidation sites excluding steroid dienone is 8. The van der Waals surface area contributed by atoms with Crippen molar-refractivity contribution in [3.63, 3.8) is 0 Å². The fraction of sp³-hybridized carbons (Fsp3) is 0.855. The summed E-state index contributed by atoms with van der Waals surface area (Å²) in [4.78, 5) is 13.2. The van der Waals surface area contributed by atoms with E-state index >= 15 is 0 Å². The largest absolute Gasteiger partial charge is 0.394 e. The van der Waals surface area contributed by atoms with Crippen LogP contribution in [0.2, 0.25) is 0 Å². The molecule has 11 nitrogen and oxygen atoms in total. The number of hydrogen-bond acceptors (Lipinski definition) is 10. The first kappa shape index (κ1) is 69.1. The van der Waals surface area contributed by atoms with Gasteiger partial charge >= 0.3 is 0 Å². The number of aliphatic hydroxyl groups excluding tert-OH is 7. The summed E-state index contributed by atoms with van der Waals surface area (Å²) in [6, 6.07) is -1.20. The Morgan fingerprint density at radius 1 is 0.466 bits per heavy atom. The van der Waals surface area contributed by atoms with E-state index < -0.39 is 74.2 Å². The predicted octanol–water partition coefficient (Wildman–Crippen LogP) is 13.2. The van der Waals surface area contributed by atoms with Crippen molar-refractivity contribution in [3.05, 3.63) is 48.6 Å². The number of carbonyl (C=O) groups is 1. The molecule has 1 fully saturated rings. The van der Waals surface area contributed by atoms with Gasteiger partial charge in [0.2, 0.25) is 5.91 Å². The van der Waals surface area contributed by atoms with Crippen LogP contribution in [0.5, 0.6) is 0 Å². The van der Waals surface area contributed by atoms with Gasteiger partial charge in [-0.25, -0.2) is 0 Å². The van der Waals surface area contributed by atoms with Gasteiger partial charge in [-0.2, -0.15) is 0 Å². The predicted molar refractivity (Wildman–Crippen MR) is 302 cm³/mol. The molecule has 1 aliphatic rings. The molecule has 1 heterocycles. The number of carbonyl (C=O) groups excluding carboxylic acids is 1. The molecule has 0 radical (unpaired) electrons. The van der Waals surface area contributed by atoms with Gasteiger partial charge in [0.1, 0.15) is 36.6 Å². The third-order valence-electron chi connectivity index (χ3n) is 14.6. The van der Waals surface area contributed by atoms with Crippen molar-refractivity contribution in [3.8, 4) is 0 Å². The van der Waals surface area contributed by atoms with E-state index in [1.807, 2.05) is 0 Å². The van der Waals surface area contributed by atoms with Gasteiger partial charge in [0.25, 0.3) is 0 Å². The van der Waals surface area contributed by atoms with Crippen LogP contribution in [-0.4, -0.2) is 110 Å². The van der Waals surface area contributed by atoms with Gasteiger partial charge in [-0.1, -0.05) is 229 Å². The van der Waals surface area contributed by atoms with Gasteiger partial charge < -0.3 is 50.5 Å². The molecule has 9 atom stereocenters. The summed E-state index contributed by atoms with van der Waals surface area (Å²) < 4.78 is 11.1. The van der Waals surface area contributed by atoms with E-state index in [2.05, 4.69) is 67.8 Å². The van der Waals surface area contributed by atoms with Gasteiger partial charge in [-0.15, -0.1) is 0 Å². The fourth-order valence-corrected chi connectivity index (χ4v) is 9.59. The highest BCUT2D eigenvalue weighted by Gasteiger charge is 2.44. The van der Waals surface area contributed by atoms with Crippen LogP contribution in [0.15, 0.2) is 48.6 Å². The lowest BCUT2D eigenvalue weighted by molar-refractivity contribution is -0.303. The van der Waals surface area contributed by atoms with Gasteiger partial charge in [-0.05, 0) is 89.9 Å². The fourth-order valence-electron chi connectivity index (χ4n) is 9.59. The lowest BCUT2D eigenvalue weighted by Crippen LogP contribution is -2.60. The van der Waals surface area contributed by atoms with E-state index in [0.717, 1.165) is 64.2 Å². The molecule has 0 aromatic carbocycles. The summed E-state index contributed by atoms with van der Waals surface area (Å²) in [5.74, 6) is -0.716. The number of ether oxygens (including phenoxy) is 2. The zero-order valence-corrected chi connectivity index (χ0v) is 46.9. The van der Waals surface area contributed by atoms with Gasteiger partial charge in [0.05, 0.1) is 25.4 Å². The van der Waals surface area contributed by atoms with Crippen LogP contribution in [0.4, 0.5) is 0 Å². The van der Waals surface area contributed by atoms with Crippen molar-refractivity contribution in [1.82, 2.24) is 5.32 Å². The number of aliphatic hydroxyl groups is 7. The monoisotopic (exact) mass is 1030 g/mol. The molecule has 8 N–H and O–H groups in total. The van der Waals surface area contributed by atoms with Crippen molar-refractivity contribution in [2.24, 2.45) is 0 Å². The third kappa shape index (κ3) is 39.1. The minimum atomic E-state index is -1.68. The normalized spacial score (nSPS) is 20.3. The second-order valence-corrected chi connectivity index (χ2v) is 21.4.